The molecule has 0 saturated carbocycles. The lowest BCUT2D eigenvalue weighted by Crippen LogP contribution is -2.28. The van der Waals surface area contributed by atoms with Crippen molar-refractivity contribution in [3.05, 3.63) is 36.5 Å². The summed E-state index contributed by atoms with van der Waals surface area (Å²) in [6.45, 7) is 4.06. The molecule has 0 aliphatic carbocycles. The summed E-state index contributed by atoms with van der Waals surface area (Å²) < 4.78 is 16.3. The number of carbonyl (C=O) groups is 2. The van der Waals surface area contributed by atoms with Gasteiger partial charge in [-0.2, -0.15) is 0 Å². The Labute approximate surface area is 295 Å². The van der Waals surface area contributed by atoms with E-state index in [1.165, 1.54) is 109 Å². The Morgan fingerprint density at radius 2 is 1.04 bits per heavy atom. The number of esters is 2. The van der Waals surface area contributed by atoms with Crippen LogP contribution in [0.4, 0.5) is 0 Å². The standard InChI is InChI=1S/C42H74O6/c1-3-5-7-9-11-13-14-15-16-17-18-19-21-23-25-30-34-41(44)46-37-38(36-43)47-42(45)35-31-27-26-29-33-40-39(48-40)32-28-24-22-20-12-10-8-6-4-2/h12,20,24,26,28-29,38-40,43H,3-11,13-19,21-23,25,27,30-37H2,1-2H3/b20-12-,28-24-,29-26-/t38-,39?,40?/m0/s1. The van der Waals surface area contributed by atoms with E-state index >= 15 is 0 Å². The molecular weight excluding hydrogens is 600 g/mol. The molecule has 6 heteroatoms. The molecule has 278 valence electrons. The first-order valence-electron chi connectivity index (χ1n) is 20.2. The second-order valence-corrected chi connectivity index (χ2v) is 13.8. The lowest BCUT2D eigenvalue weighted by atomic mass is 10.0. The third kappa shape index (κ3) is 29.0. The van der Waals surface area contributed by atoms with Crippen LogP contribution in [-0.4, -0.2) is 48.6 Å². The second kappa shape index (κ2) is 33.6. The number of unbranched alkanes of at least 4 members (excludes halogenated alkanes) is 19. The van der Waals surface area contributed by atoms with Gasteiger partial charge in [-0.25, -0.2) is 0 Å². The van der Waals surface area contributed by atoms with Crippen LogP contribution >= 0.6 is 0 Å². The van der Waals surface area contributed by atoms with Crippen LogP contribution in [0.25, 0.3) is 0 Å². The molecule has 1 aliphatic heterocycles. The van der Waals surface area contributed by atoms with Crippen LogP contribution in [-0.2, 0) is 23.8 Å². The lowest BCUT2D eigenvalue weighted by molar-refractivity contribution is -0.161. The lowest BCUT2D eigenvalue weighted by Gasteiger charge is -2.15. The SMILES string of the molecule is CCCCC/C=C\C/C=C\CC1OC1C/C=C\CCCC(=O)O[C@@H](CO)COC(=O)CCCCCCCCCCCCCCCCCC. The minimum absolute atomic E-state index is 0.0900. The summed E-state index contributed by atoms with van der Waals surface area (Å²) in [4.78, 5) is 24.3. The van der Waals surface area contributed by atoms with Crippen LogP contribution in [0, 0.1) is 0 Å². The van der Waals surface area contributed by atoms with Crippen LogP contribution in [0.15, 0.2) is 36.5 Å². The first-order valence-corrected chi connectivity index (χ1v) is 20.2. The van der Waals surface area contributed by atoms with Crippen molar-refractivity contribution in [2.75, 3.05) is 13.2 Å². The van der Waals surface area contributed by atoms with Crippen molar-refractivity contribution in [2.45, 2.75) is 206 Å². The number of epoxide rings is 1. The molecule has 0 aromatic rings. The maximum absolute atomic E-state index is 12.2. The summed E-state index contributed by atoms with van der Waals surface area (Å²) in [5.74, 6) is -0.660. The molecule has 1 N–H and O–H groups in total. The van der Waals surface area contributed by atoms with Gasteiger partial charge in [0.15, 0.2) is 6.10 Å². The van der Waals surface area contributed by atoms with E-state index in [0.717, 1.165) is 44.9 Å². The van der Waals surface area contributed by atoms with Gasteiger partial charge >= 0.3 is 11.9 Å². The molecule has 1 rings (SSSR count). The highest BCUT2D eigenvalue weighted by molar-refractivity contribution is 5.70. The van der Waals surface area contributed by atoms with Crippen molar-refractivity contribution in [1.82, 2.24) is 0 Å². The van der Waals surface area contributed by atoms with Crippen molar-refractivity contribution in [2.24, 2.45) is 0 Å². The zero-order valence-electron chi connectivity index (χ0n) is 31.2. The Kier molecular flexibility index (Phi) is 30.8. The number of allylic oxidation sites excluding steroid dienone is 4. The highest BCUT2D eigenvalue weighted by atomic mass is 16.6. The van der Waals surface area contributed by atoms with E-state index in [1.807, 2.05) is 0 Å². The van der Waals surface area contributed by atoms with Gasteiger partial charge in [0, 0.05) is 12.8 Å². The van der Waals surface area contributed by atoms with E-state index in [0.29, 0.717) is 25.0 Å². The Bertz CT molecular complexity index is 834. The van der Waals surface area contributed by atoms with Gasteiger partial charge in [-0.3, -0.25) is 9.59 Å². The molecule has 1 saturated heterocycles. The fourth-order valence-electron chi connectivity index (χ4n) is 5.88. The highest BCUT2D eigenvalue weighted by Crippen LogP contribution is 2.29. The summed E-state index contributed by atoms with van der Waals surface area (Å²) in [6, 6.07) is 0. The van der Waals surface area contributed by atoms with Crippen LogP contribution in [0.5, 0.6) is 0 Å². The van der Waals surface area contributed by atoms with E-state index in [4.69, 9.17) is 14.2 Å². The van der Waals surface area contributed by atoms with Gasteiger partial charge < -0.3 is 19.3 Å². The molecule has 0 aromatic heterocycles. The van der Waals surface area contributed by atoms with Crippen LogP contribution in [0.3, 0.4) is 0 Å². The van der Waals surface area contributed by atoms with Gasteiger partial charge in [0.2, 0.25) is 0 Å². The zero-order chi connectivity index (χ0) is 34.8. The summed E-state index contributed by atoms with van der Waals surface area (Å²) in [6.07, 6.45) is 43.8. The minimum atomic E-state index is -0.803. The number of aliphatic hydroxyl groups excluding tert-OH is 1. The maximum Gasteiger partial charge on any atom is 0.306 e. The topological polar surface area (TPSA) is 85.4 Å². The molecule has 0 bridgehead atoms. The Balaban J connectivity index is 1.92. The van der Waals surface area contributed by atoms with E-state index in [9.17, 15) is 14.7 Å². The van der Waals surface area contributed by atoms with Crippen molar-refractivity contribution in [3.8, 4) is 0 Å². The van der Waals surface area contributed by atoms with Gasteiger partial charge in [0.25, 0.3) is 0 Å². The minimum Gasteiger partial charge on any atom is -0.462 e. The van der Waals surface area contributed by atoms with Crippen LogP contribution in [0.1, 0.15) is 187 Å². The number of carbonyl (C=O) groups excluding carboxylic acids is 2. The van der Waals surface area contributed by atoms with Crippen molar-refractivity contribution >= 4 is 11.9 Å². The Morgan fingerprint density at radius 3 is 1.62 bits per heavy atom. The van der Waals surface area contributed by atoms with E-state index < -0.39 is 6.10 Å². The molecule has 6 nitrogen and oxygen atoms in total. The second-order valence-electron chi connectivity index (χ2n) is 13.8. The number of rotatable bonds is 35. The molecule has 0 amide bonds. The Hall–Kier alpha value is -1.92. The normalized spacial score (nSPS) is 16.7. The van der Waals surface area contributed by atoms with Gasteiger partial charge in [-0.15, -0.1) is 0 Å². The summed E-state index contributed by atoms with van der Waals surface area (Å²) in [5.41, 5.74) is 0. The first-order chi connectivity index (χ1) is 23.6. The van der Waals surface area contributed by atoms with Gasteiger partial charge in [-0.05, 0) is 51.4 Å². The number of hydrogen-bond acceptors (Lipinski definition) is 6. The predicted molar refractivity (Wildman–Crippen MR) is 200 cm³/mol. The van der Waals surface area contributed by atoms with Crippen molar-refractivity contribution in [3.63, 3.8) is 0 Å². The average Bonchev–Trinajstić information content (AvgIpc) is 3.84. The molecule has 48 heavy (non-hydrogen) atoms. The molecule has 0 spiro atoms. The number of aliphatic hydroxyl groups is 1. The molecular formula is C42H74O6. The molecule has 1 heterocycles. The van der Waals surface area contributed by atoms with Gasteiger partial charge in [0.05, 0.1) is 18.8 Å². The zero-order valence-corrected chi connectivity index (χ0v) is 31.2. The van der Waals surface area contributed by atoms with E-state index in [1.54, 1.807) is 0 Å². The first kappa shape index (κ1) is 44.1. The molecule has 1 fully saturated rings. The molecule has 0 radical (unpaired) electrons. The fourth-order valence-corrected chi connectivity index (χ4v) is 5.88. The molecule has 3 atom stereocenters. The average molecular weight is 675 g/mol. The molecule has 0 aromatic carbocycles. The maximum atomic E-state index is 12.2. The quantitative estimate of drug-likeness (QED) is 0.0312. The highest BCUT2D eigenvalue weighted by Gasteiger charge is 2.35. The number of hydrogen-bond donors (Lipinski definition) is 1. The third-order valence-electron chi connectivity index (χ3n) is 9.09. The molecule has 1 aliphatic rings. The van der Waals surface area contributed by atoms with Gasteiger partial charge in [0.1, 0.15) is 6.61 Å². The summed E-state index contributed by atoms with van der Waals surface area (Å²) in [7, 11) is 0. The Morgan fingerprint density at radius 1 is 0.583 bits per heavy atom. The van der Waals surface area contributed by atoms with Crippen LogP contribution in [0.2, 0.25) is 0 Å². The van der Waals surface area contributed by atoms with Gasteiger partial charge in [-0.1, -0.05) is 159 Å². The fraction of sp³-hybridized carbons (Fsp3) is 0.810. The summed E-state index contributed by atoms with van der Waals surface area (Å²) >= 11 is 0. The van der Waals surface area contributed by atoms with Crippen molar-refractivity contribution in [1.29, 1.82) is 0 Å². The summed E-state index contributed by atoms with van der Waals surface area (Å²) in [5, 5.41) is 9.56. The van der Waals surface area contributed by atoms with Crippen LogP contribution < -0.4 is 0 Å². The smallest absolute Gasteiger partial charge is 0.306 e. The van der Waals surface area contributed by atoms with Crippen molar-refractivity contribution < 1.29 is 28.9 Å². The third-order valence-corrected chi connectivity index (χ3v) is 9.09. The number of ether oxygens (including phenoxy) is 3. The largest absolute Gasteiger partial charge is 0.462 e. The molecule has 2 unspecified atom stereocenters. The van der Waals surface area contributed by atoms with E-state index in [2.05, 4.69) is 50.3 Å². The van der Waals surface area contributed by atoms with E-state index in [-0.39, 0.29) is 31.6 Å². The predicted octanol–water partition coefficient (Wildman–Crippen LogP) is 11.4. The monoisotopic (exact) mass is 675 g/mol.